The van der Waals surface area contributed by atoms with Gasteiger partial charge in [0.05, 0.1) is 25.6 Å². The van der Waals surface area contributed by atoms with Crippen LogP contribution in [0.3, 0.4) is 0 Å². The van der Waals surface area contributed by atoms with Crippen LogP contribution in [0, 0.1) is 16.7 Å². The molecule has 0 rings (SSSR count). The summed E-state index contributed by atoms with van der Waals surface area (Å²) in [4.78, 5) is 24.5. The Labute approximate surface area is 203 Å². The van der Waals surface area contributed by atoms with Gasteiger partial charge in [0.2, 0.25) is 11.8 Å². The molecule has 2 amide bonds. The van der Waals surface area contributed by atoms with Crippen molar-refractivity contribution in [3.8, 4) is 0 Å². The van der Waals surface area contributed by atoms with Crippen molar-refractivity contribution in [1.82, 2.24) is 10.6 Å². The maximum absolute atomic E-state index is 12.6. The fourth-order valence-electron chi connectivity index (χ4n) is 3.42. The summed E-state index contributed by atoms with van der Waals surface area (Å²) in [5.41, 5.74) is -0.102. The Hall–Kier alpha value is -1.56. The molecule has 0 heterocycles. The minimum atomic E-state index is -0.379. The topological polar surface area (TPSA) is 76.7 Å². The van der Waals surface area contributed by atoms with E-state index in [0.717, 1.165) is 31.4 Å². The fourth-order valence-corrected chi connectivity index (χ4v) is 3.42. The minimum absolute atomic E-state index is 0.0168. The average Bonchev–Trinajstić information content (AvgIpc) is 2.74. The Morgan fingerprint density at radius 3 is 2.30 bits per heavy atom. The van der Waals surface area contributed by atoms with Gasteiger partial charge < -0.3 is 20.1 Å². The first-order valence-electron chi connectivity index (χ1n) is 12.9. The van der Waals surface area contributed by atoms with Crippen LogP contribution in [0.5, 0.6) is 0 Å². The molecule has 0 radical (unpaired) electrons. The second-order valence-corrected chi connectivity index (χ2v) is 10.8. The van der Waals surface area contributed by atoms with Gasteiger partial charge in [-0.05, 0) is 50.0 Å². The van der Waals surface area contributed by atoms with E-state index in [9.17, 15) is 9.59 Å². The number of amides is 2. The Morgan fingerprint density at radius 1 is 0.970 bits per heavy atom. The van der Waals surface area contributed by atoms with E-state index in [-0.39, 0.29) is 28.6 Å². The van der Waals surface area contributed by atoms with E-state index in [1.807, 2.05) is 33.8 Å². The van der Waals surface area contributed by atoms with Gasteiger partial charge in [-0.25, -0.2) is 0 Å². The number of unbranched alkanes of at least 4 members (excludes halogenated alkanes) is 1. The monoisotopic (exact) mass is 468 g/mol. The van der Waals surface area contributed by atoms with Crippen LogP contribution in [-0.2, 0) is 19.1 Å². The van der Waals surface area contributed by atoms with Gasteiger partial charge in [-0.2, -0.15) is 0 Å². The molecule has 33 heavy (non-hydrogen) atoms. The molecule has 0 bridgehead atoms. The van der Waals surface area contributed by atoms with E-state index in [2.05, 4.69) is 38.3 Å². The Kier molecular flexibility index (Phi) is 16.2. The molecule has 0 fully saturated rings. The highest BCUT2D eigenvalue weighted by Crippen LogP contribution is 2.34. The molecule has 0 aromatic heterocycles. The maximum Gasteiger partial charge on any atom is 0.225 e. The first-order chi connectivity index (χ1) is 15.4. The molecule has 0 aromatic carbocycles. The zero-order valence-electron chi connectivity index (χ0n) is 22.8. The quantitative estimate of drug-likeness (QED) is 0.191. The third-order valence-electron chi connectivity index (χ3n) is 5.95. The van der Waals surface area contributed by atoms with Crippen LogP contribution >= 0.6 is 0 Å². The number of ether oxygens (including phenoxy) is 2. The zero-order chi connectivity index (χ0) is 25.3. The van der Waals surface area contributed by atoms with Gasteiger partial charge in [0.15, 0.2) is 0 Å². The number of carbonyl (C=O) groups is 2. The second-order valence-electron chi connectivity index (χ2n) is 10.8. The van der Waals surface area contributed by atoms with Gasteiger partial charge in [-0.3, -0.25) is 9.59 Å². The third-order valence-corrected chi connectivity index (χ3v) is 5.95. The molecule has 0 aliphatic carbocycles. The Balaban J connectivity index is 3.99. The molecule has 6 nitrogen and oxygen atoms in total. The first kappa shape index (κ1) is 31.4. The van der Waals surface area contributed by atoms with Crippen LogP contribution in [0.1, 0.15) is 100 Å². The molecular formula is C27H52N2O4. The van der Waals surface area contributed by atoms with Crippen LogP contribution < -0.4 is 10.6 Å². The molecule has 0 aromatic rings. The number of hydrogen-bond acceptors (Lipinski definition) is 4. The average molecular weight is 469 g/mol. The zero-order valence-corrected chi connectivity index (χ0v) is 22.8. The van der Waals surface area contributed by atoms with Crippen molar-refractivity contribution in [2.75, 3.05) is 32.9 Å². The lowest BCUT2D eigenvalue weighted by Gasteiger charge is -2.30. The largest absolute Gasteiger partial charge is 0.499 e. The first-order valence-corrected chi connectivity index (χ1v) is 12.9. The highest BCUT2D eigenvalue weighted by Gasteiger charge is 2.30. The molecule has 1 unspecified atom stereocenters. The maximum atomic E-state index is 12.6. The lowest BCUT2D eigenvalue weighted by molar-refractivity contribution is -0.130. The smallest absolute Gasteiger partial charge is 0.225 e. The standard InChI is InChI=1S/C27H52N2O4/c1-9-11-18-33-23(4)12-13-24(30)29-20-22(3)21-32-19-17-28-25(31)27(7,8)16-15-26(5,6)14-10-2/h12,22H,9-11,13-21H2,1-8H3,(H,28,31)(H,29,30)/b23-12+. The van der Waals surface area contributed by atoms with Crippen molar-refractivity contribution in [3.05, 3.63) is 11.8 Å². The summed E-state index contributed by atoms with van der Waals surface area (Å²) in [6.07, 6.45) is 8.53. The molecule has 0 saturated heterocycles. The van der Waals surface area contributed by atoms with E-state index in [4.69, 9.17) is 9.47 Å². The van der Waals surface area contributed by atoms with Crippen LogP contribution in [0.15, 0.2) is 11.8 Å². The summed E-state index contributed by atoms with van der Waals surface area (Å²) in [7, 11) is 0. The van der Waals surface area contributed by atoms with Crippen molar-refractivity contribution in [2.24, 2.45) is 16.7 Å². The molecule has 194 valence electrons. The van der Waals surface area contributed by atoms with Crippen LogP contribution in [0.2, 0.25) is 0 Å². The second kappa shape index (κ2) is 17.0. The number of hydrogen-bond donors (Lipinski definition) is 2. The van der Waals surface area contributed by atoms with Crippen molar-refractivity contribution < 1.29 is 19.1 Å². The molecule has 2 N–H and O–H groups in total. The normalized spacial score (nSPS) is 13.5. The van der Waals surface area contributed by atoms with Gasteiger partial charge >= 0.3 is 0 Å². The Bertz CT molecular complexity index is 585. The lowest BCUT2D eigenvalue weighted by atomic mass is 9.76. The van der Waals surface area contributed by atoms with Gasteiger partial charge in [0.1, 0.15) is 0 Å². The molecule has 0 saturated carbocycles. The van der Waals surface area contributed by atoms with Crippen LogP contribution in [-0.4, -0.2) is 44.7 Å². The predicted molar refractivity (Wildman–Crippen MR) is 137 cm³/mol. The van der Waals surface area contributed by atoms with E-state index in [1.165, 1.54) is 12.8 Å². The number of nitrogens with one attached hydrogen (secondary N) is 2. The van der Waals surface area contributed by atoms with E-state index in [1.54, 1.807) is 0 Å². The molecule has 1 atom stereocenters. The van der Waals surface area contributed by atoms with Gasteiger partial charge in [0.25, 0.3) is 0 Å². The molecule has 0 spiro atoms. The van der Waals surface area contributed by atoms with Crippen molar-refractivity contribution >= 4 is 11.8 Å². The highest BCUT2D eigenvalue weighted by atomic mass is 16.5. The summed E-state index contributed by atoms with van der Waals surface area (Å²) in [5.74, 6) is 1.07. The van der Waals surface area contributed by atoms with E-state index >= 15 is 0 Å². The van der Waals surface area contributed by atoms with Gasteiger partial charge in [-0.1, -0.05) is 61.3 Å². The number of carbonyl (C=O) groups excluding carboxylic acids is 2. The minimum Gasteiger partial charge on any atom is -0.499 e. The fraction of sp³-hybridized carbons (Fsp3) is 0.852. The van der Waals surface area contributed by atoms with Crippen molar-refractivity contribution in [2.45, 2.75) is 100 Å². The predicted octanol–water partition coefficient (Wildman–Crippen LogP) is 5.61. The van der Waals surface area contributed by atoms with Gasteiger partial charge in [-0.15, -0.1) is 0 Å². The number of allylic oxidation sites excluding steroid dienone is 1. The molecular weight excluding hydrogens is 416 g/mol. The van der Waals surface area contributed by atoms with Crippen molar-refractivity contribution in [3.63, 3.8) is 0 Å². The molecule has 0 aliphatic heterocycles. The summed E-state index contributed by atoms with van der Waals surface area (Å²) in [5, 5.41) is 5.94. The SMILES string of the molecule is CCCCO/C(C)=C/CC(=O)NCC(C)COCCNC(=O)C(C)(C)CCC(C)(C)CCC. The highest BCUT2D eigenvalue weighted by molar-refractivity contribution is 5.81. The third kappa shape index (κ3) is 16.7. The summed E-state index contributed by atoms with van der Waals surface area (Å²) in [6.45, 7) is 19.6. The summed E-state index contributed by atoms with van der Waals surface area (Å²) >= 11 is 0. The summed E-state index contributed by atoms with van der Waals surface area (Å²) in [6, 6.07) is 0. The van der Waals surface area contributed by atoms with Gasteiger partial charge in [0, 0.05) is 24.9 Å². The van der Waals surface area contributed by atoms with Crippen molar-refractivity contribution in [1.29, 1.82) is 0 Å². The van der Waals surface area contributed by atoms with Crippen LogP contribution in [0.25, 0.3) is 0 Å². The number of rotatable bonds is 19. The van der Waals surface area contributed by atoms with E-state index < -0.39 is 0 Å². The van der Waals surface area contributed by atoms with E-state index in [0.29, 0.717) is 39.3 Å². The lowest BCUT2D eigenvalue weighted by Crippen LogP contribution is -2.39. The van der Waals surface area contributed by atoms with Crippen LogP contribution in [0.4, 0.5) is 0 Å². The molecule has 6 heteroatoms. The molecule has 0 aliphatic rings. The summed E-state index contributed by atoms with van der Waals surface area (Å²) < 4.78 is 11.2. The Morgan fingerprint density at radius 2 is 1.67 bits per heavy atom.